The summed E-state index contributed by atoms with van der Waals surface area (Å²) in [5, 5.41) is 4.34. The van der Waals surface area contributed by atoms with Gasteiger partial charge in [0.1, 0.15) is 4.60 Å². The van der Waals surface area contributed by atoms with Gasteiger partial charge in [0.25, 0.3) is 0 Å². The van der Waals surface area contributed by atoms with E-state index in [1.54, 1.807) is 4.52 Å². The second kappa shape index (κ2) is 3.67. The maximum atomic E-state index is 5.49. The van der Waals surface area contributed by atoms with E-state index in [-0.39, 0.29) is 0 Å². The summed E-state index contributed by atoms with van der Waals surface area (Å²) in [6.07, 6.45) is 0.767. The summed E-state index contributed by atoms with van der Waals surface area (Å²) in [5.41, 5.74) is 8.27. The predicted molar refractivity (Wildman–Crippen MR) is 58.2 cm³/mol. The Morgan fingerprint density at radius 1 is 1.50 bits per heavy atom. The Kier molecular flexibility index (Phi) is 2.52. The molecule has 0 aliphatic rings. The molecule has 74 valence electrons. The molecule has 2 aromatic heterocycles. The maximum absolute atomic E-state index is 5.49. The van der Waals surface area contributed by atoms with Gasteiger partial charge < -0.3 is 5.73 Å². The van der Waals surface area contributed by atoms with E-state index < -0.39 is 0 Å². The molecule has 0 saturated carbocycles. The molecule has 2 aromatic rings. The SMILES string of the molecule is Cc1ccc2nc(CCN)c(Br)n2n1. The molecule has 0 bridgehead atoms. The number of hydrogen-bond donors (Lipinski definition) is 1. The number of fused-ring (bicyclic) bond motifs is 1. The highest BCUT2D eigenvalue weighted by Crippen LogP contribution is 2.18. The molecule has 0 unspecified atom stereocenters. The molecule has 2 N–H and O–H groups in total. The third-order valence-corrected chi connectivity index (χ3v) is 2.80. The minimum absolute atomic E-state index is 0.599. The first-order chi connectivity index (χ1) is 6.72. The first kappa shape index (κ1) is 9.61. The van der Waals surface area contributed by atoms with Crippen molar-refractivity contribution in [2.45, 2.75) is 13.3 Å². The van der Waals surface area contributed by atoms with E-state index >= 15 is 0 Å². The Hall–Kier alpha value is -0.940. The number of imidazole rings is 1. The van der Waals surface area contributed by atoms with E-state index in [9.17, 15) is 0 Å². The summed E-state index contributed by atoms with van der Waals surface area (Å²) >= 11 is 3.47. The number of nitrogens with two attached hydrogens (primary N) is 1. The molecule has 0 spiro atoms. The van der Waals surface area contributed by atoms with Gasteiger partial charge in [-0.15, -0.1) is 0 Å². The summed E-state index contributed by atoms with van der Waals surface area (Å²) in [6, 6.07) is 3.90. The zero-order valence-corrected chi connectivity index (χ0v) is 9.45. The van der Waals surface area contributed by atoms with Crippen LogP contribution in [0.5, 0.6) is 0 Å². The molecule has 4 nitrogen and oxygen atoms in total. The van der Waals surface area contributed by atoms with Crippen LogP contribution < -0.4 is 5.73 Å². The molecule has 2 heterocycles. The second-order valence-electron chi connectivity index (χ2n) is 3.13. The summed E-state index contributed by atoms with van der Waals surface area (Å²) in [6.45, 7) is 2.55. The highest BCUT2D eigenvalue weighted by Gasteiger charge is 2.09. The molecule has 0 saturated heterocycles. The predicted octanol–water partition coefficient (Wildman–Crippen LogP) is 1.30. The Labute approximate surface area is 90.3 Å². The van der Waals surface area contributed by atoms with Crippen LogP contribution in [-0.4, -0.2) is 21.1 Å². The lowest BCUT2D eigenvalue weighted by atomic mass is 10.3. The fourth-order valence-electron chi connectivity index (χ4n) is 1.34. The summed E-state index contributed by atoms with van der Waals surface area (Å²) in [5.74, 6) is 0. The minimum Gasteiger partial charge on any atom is -0.330 e. The van der Waals surface area contributed by atoms with Gasteiger partial charge in [-0.25, -0.2) is 9.50 Å². The largest absolute Gasteiger partial charge is 0.330 e. The van der Waals surface area contributed by atoms with Gasteiger partial charge in [-0.2, -0.15) is 5.10 Å². The normalized spacial score (nSPS) is 11.1. The van der Waals surface area contributed by atoms with Crippen LogP contribution in [0.4, 0.5) is 0 Å². The summed E-state index contributed by atoms with van der Waals surface area (Å²) in [4.78, 5) is 4.42. The molecule has 0 radical (unpaired) electrons. The van der Waals surface area contributed by atoms with E-state index in [4.69, 9.17) is 5.73 Å². The molecular weight excluding hydrogens is 244 g/mol. The van der Waals surface area contributed by atoms with Gasteiger partial charge >= 0.3 is 0 Å². The lowest BCUT2D eigenvalue weighted by Crippen LogP contribution is -2.03. The molecule has 0 amide bonds. The van der Waals surface area contributed by atoms with Crippen LogP contribution >= 0.6 is 15.9 Å². The Bertz CT molecular complexity index is 463. The average Bonchev–Trinajstić information content (AvgIpc) is 2.46. The van der Waals surface area contributed by atoms with E-state index in [1.807, 2.05) is 19.1 Å². The highest BCUT2D eigenvalue weighted by atomic mass is 79.9. The van der Waals surface area contributed by atoms with Crippen molar-refractivity contribution in [3.63, 3.8) is 0 Å². The monoisotopic (exact) mass is 254 g/mol. The molecule has 2 rings (SSSR count). The molecular formula is C9H11BrN4. The van der Waals surface area contributed by atoms with Crippen molar-refractivity contribution < 1.29 is 0 Å². The molecule has 0 aliphatic carbocycles. The molecule has 14 heavy (non-hydrogen) atoms. The van der Waals surface area contributed by atoms with E-state index in [0.29, 0.717) is 6.54 Å². The van der Waals surface area contributed by atoms with Gasteiger partial charge in [0.2, 0.25) is 0 Å². The quantitative estimate of drug-likeness (QED) is 0.879. The van der Waals surface area contributed by atoms with Crippen LogP contribution in [0.2, 0.25) is 0 Å². The van der Waals surface area contributed by atoms with Crippen molar-refractivity contribution in [3.8, 4) is 0 Å². The van der Waals surface area contributed by atoms with Crippen molar-refractivity contribution in [1.82, 2.24) is 14.6 Å². The van der Waals surface area contributed by atoms with Crippen molar-refractivity contribution in [1.29, 1.82) is 0 Å². The van der Waals surface area contributed by atoms with Crippen molar-refractivity contribution in [2.75, 3.05) is 6.54 Å². The number of aromatic nitrogens is 3. The number of aryl methyl sites for hydroxylation is 1. The first-order valence-electron chi connectivity index (χ1n) is 4.43. The lowest BCUT2D eigenvalue weighted by Gasteiger charge is -1.95. The second-order valence-corrected chi connectivity index (χ2v) is 3.88. The molecule has 0 fully saturated rings. The van der Waals surface area contributed by atoms with Crippen LogP contribution in [-0.2, 0) is 6.42 Å². The smallest absolute Gasteiger partial charge is 0.155 e. The maximum Gasteiger partial charge on any atom is 0.155 e. The minimum atomic E-state index is 0.599. The third-order valence-electron chi connectivity index (χ3n) is 2.00. The Morgan fingerprint density at radius 2 is 2.29 bits per heavy atom. The van der Waals surface area contributed by atoms with E-state index in [2.05, 4.69) is 26.0 Å². The van der Waals surface area contributed by atoms with Gasteiger partial charge in [-0.1, -0.05) is 0 Å². The molecule has 0 aromatic carbocycles. The molecule has 0 atom stereocenters. The van der Waals surface area contributed by atoms with Crippen molar-refractivity contribution >= 4 is 21.6 Å². The van der Waals surface area contributed by atoms with Gasteiger partial charge in [0.15, 0.2) is 5.65 Å². The van der Waals surface area contributed by atoms with Gasteiger partial charge in [-0.05, 0) is 41.5 Å². The number of hydrogen-bond acceptors (Lipinski definition) is 3. The summed E-state index contributed by atoms with van der Waals surface area (Å²) in [7, 11) is 0. The number of halogens is 1. The van der Waals surface area contributed by atoms with Crippen molar-refractivity contribution in [2.24, 2.45) is 5.73 Å². The molecule has 5 heteroatoms. The topological polar surface area (TPSA) is 56.2 Å². The number of nitrogens with zero attached hydrogens (tertiary/aromatic N) is 3. The van der Waals surface area contributed by atoms with Gasteiger partial charge in [0, 0.05) is 6.42 Å². The zero-order chi connectivity index (χ0) is 10.1. The highest BCUT2D eigenvalue weighted by molar-refractivity contribution is 9.10. The van der Waals surface area contributed by atoms with Crippen LogP contribution in [0.1, 0.15) is 11.4 Å². The average molecular weight is 255 g/mol. The van der Waals surface area contributed by atoms with E-state index in [1.165, 1.54) is 0 Å². The van der Waals surface area contributed by atoms with Gasteiger partial charge in [0.05, 0.1) is 11.4 Å². The fourth-order valence-corrected chi connectivity index (χ4v) is 1.89. The van der Waals surface area contributed by atoms with Crippen LogP contribution in [0.25, 0.3) is 5.65 Å². The Morgan fingerprint density at radius 3 is 3.00 bits per heavy atom. The van der Waals surface area contributed by atoms with Crippen LogP contribution in [0.3, 0.4) is 0 Å². The van der Waals surface area contributed by atoms with Gasteiger partial charge in [-0.3, -0.25) is 0 Å². The molecule has 0 aliphatic heterocycles. The van der Waals surface area contributed by atoms with Crippen LogP contribution in [0, 0.1) is 6.92 Å². The lowest BCUT2D eigenvalue weighted by molar-refractivity contribution is 0.869. The zero-order valence-electron chi connectivity index (χ0n) is 7.87. The summed E-state index contributed by atoms with van der Waals surface area (Å²) < 4.78 is 2.70. The third kappa shape index (κ3) is 1.53. The Balaban J connectivity index is 2.62. The van der Waals surface area contributed by atoms with E-state index in [0.717, 1.165) is 28.1 Å². The number of rotatable bonds is 2. The fraction of sp³-hybridized carbons (Fsp3) is 0.333. The van der Waals surface area contributed by atoms with Crippen LogP contribution in [0.15, 0.2) is 16.7 Å². The first-order valence-corrected chi connectivity index (χ1v) is 5.22. The van der Waals surface area contributed by atoms with Crippen molar-refractivity contribution in [3.05, 3.63) is 28.1 Å². The standard InChI is InChI=1S/C9H11BrN4/c1-6-2-3-8-12-7(4-5-11)9(10)14(8)13-6/h2-3H,4-5,11H2,1H3.